The molecular weight excluding hydrogens is 528 g/mol. The zero-order chi connectivity index (χ0) is 26.2. The molecule has 37 heavy (non-hydrogen) atoms. The SMILES string of the molecule is CC(C)CNC(=O)c1cc(NC(=O)Nc2ccccc2Br)ccc1N1CCC(Cc2ccccc2)CC1. The summed E-state index contributed by atoms with van der Waals surface area (Å²) in [5, 5.41) is 8.76. The van der Waals surface area contributed by atoms with Crippen LogP contribution in [-0.4, -0.2) is 31.6 Å². The molecule has 0 radical (unpaired) electrons. The highest BCUT2D eigenvalue weighted by atomic mass is 79.9. The fourth-order valence-corrected chi connectivity index (χ4v) is 5.02. The number of anilines is 3. The van der Waals surface area contributed by atoms with Crippen molar-refractivity contribution in [1.29, 1.82) is 0 Å². The molecule has 4 rings (SSSR count). The Labute approximate surface area is 228 Å². The van der Waals surface area contributed by atoms with E-state index < -0.39 is 0 Å². The Morgan fingerprint density at radius 3 is 2.35 bits per heavy atom. The maximum Gasteiger partial charge on any atom is 0.323 e. The molecule has 1 heterocycles. The number of benzene rings is 3. The minimum absolute atomic E-state index is 0.120. The Balaban J connectivity index is 1.47. The second kappa shape index (κ2) is 12.8. The van der Waals surface area contributed by atoms with Crippen LogP contribution in [0, 0.1) is 11.8 Å². The zero-order valence-electron chi connectivity index (χ0n) is 21.5. The average Bonchev–Trinajstić information content (AvgIpc) is 2.90. The number of urea groups is 1. The Morgan fingerprint density at radius 2 is 1.65 bits per heavy atom. The molecule has 0 unspecified atom stereocenters. The van der Waals surface area contributed by atoms with Crippen LogP contribution in [0.15, 0.2) is 77.3 Å². The number of halogens is 1. The number of carbonyl (C=O) groups excluding carboxylic acids is 2. The van der Waals surface area contributed by atoms with Gasteiger partial charge in [-0.3, -0.25) is 4.79 Å². The van der Waals surface area contributed by atoms with Crippen LogP contribution in [0.25, 0.3) is 0 Å². The molecule has 7 heteroatoms. The van der Waals surface area contributed by atoms with Crippen molar-refractivity contribution in [3.63, 3.8) is 0 Å². The van der Waals surface area contributed by atoms with Gasteiger partial charge < -0.3 is 20.9 Å². The summed E-state index contributed by atoms with van der Waals surface area (Å²) in [5.74, 6) is 0.862. The van der Waals surface area contributed by atoms with E-state index in [0.717, 1.165) is 42.5 Å². The third-order valence-corrected chi connectivity index (χ3v) is 7.31. The summed E-state index contributed by atoms with van der Waals surface area (Å²) < 4.78 is 0.796. The summed E-state index contributed by atoms with van der Waals surface area (Å²) in [7, 11) is 0. The van der Waals surface area contributed by atoms with Crippen LogP contribution < -0.4 is 20.9 Å². The molecule has 0 bridgehead atoms. The summed E-state index contributed by atoms with van der Waals surface area (Å²) in [6.07, 6.45) is 3.25. The van der Waals surface area contributed by atoms with Gasteiger partial charge in [0.05, 0.1) is 11.3 Å². The van der Waals surface area contributed by atoms with Crippen LogP contribution in [0.1, 0.15) is 42.6 Å². The maximum atomic E-state index is 13.2. The first-order valence-corrected chi connectivity index (χ1v) is 13.7. The lowest BCUT2D eigenvalue weighted by atomic mass is 9.89. The lowest BCUT2D eigenvalue weighted by molar-refractivity contribution is 0.0949. The first-order chi connectivity index (χ1) is 17.9. The summed E-state index contributed by atoms with van der Waals surface area (Å²) >= 11 is 3.44. The van der Waals surface area contributed by atoms with E-state index >= 15 is 0 Å². The molecule has 3 N–H and O–H groups in total. The van der Waals surface area contributed by atoms with Crippen LogP contribution in [0.5, 0.6) is 0 Å². The van der Waals surface area contributed by atoms with Crippen LogP contribution in [0.2, 0.25) is 0 Å². The number of piperidine rings is 1. The quantitative estimate of drug-likeness (QED) is 0.278. The molecule has 0 spiro atoms. The van der Waals surface area contributed by atoms with E-state index in [-0.39, 0.29) is 11.9 Å². The number of nitrogens with zero attached hydrogens (tertiary/aromatic N) is 1. The summed E-state index contributed by atoms with van der Waals surface area (Å²) in [4.78, 5) is 28.2. The van der Waals surface area contributed by atoms with Crippen molar-refractivity contribution >= 4 is 44.9 Å². The molecule has 3 aromatic rings. The highest BCUT2D eigenvalue weighted by molar-refractivity contribution is 9.10. The average molecular weight is 564 g/mol. The van der Waals surface area contributed by atoms with E-state index in [1.54, 1.807) is 6.07 Å². The standard InChI is InChI=1S/C30H35BrN4O2/c1-21(2)20-32-29(36)25-19-24(33-30(37)34-27-11-7-6-10-26(27)31)12-13-28(25)35-16-14-23(15-17-35)18-22-8-4-3-5-9-22/h3-13,19,21,23H,14-18,20H2,1-2H3,(H,32,36)(H2,33,34,37). The van der Waals surface area contributed by atoms with Crippen LogP contribution in [0.3, 0.4) is 0 Å². The second-order valence-corrected chi connectivity index (χ2v) is 10.9. The normalized spacial score (nSPS) is 13.9. The van der Waals surface area contributed by atoms with E-state index in [4.69, 9.17) is 0 Å². The van der Waals surface area contributed by atoms with Crippen molar-refractivity contribution in [2.75, 3.05) is 35.2 Å². The molecular formula is C30H35BrN4O2. The summed E-state index contributed by atoms with van der Waals surface area (Å²) in [6, 6.07) is 23.3. The molecule has 0 aliphatic carbocycles. The number of para-hydroxylation sites is 1. The molecule has 0 aromatic heterocycles. The number of hydrogen-bond donors (Lipinski definition) is 3. The predicted octanol–water partition coefficient (Wildman–Crippen LogP) is 6.94. The van der Waals surface area contributed by atoms with Gasteiger partial charge in [0.15, 0.2) is 0 Å². The Hall–Kier alpha value is -3.32. The molecule has 1 aliphatic heterocycles. The largest absolute Gasteiger partial charge is 0.371 e. The summed E-state index contributed by atoms with van der Waals surface area (Å²) in [5.41, 5.74) is 4.12. The zero-order valence-corrected chi connectivity index (χ0v) is 23.1. The van der Waals surface area contributed by atoms with Gasteiger partial charge in [-0.1, -0.05) is 56.3 Å². The number of hydrogen-bond acceptors (Lipinski definition) is 3. The van der Waals surface area contributed by atoms with Crippen molar-refractivity contribution in [3.05, 3.63) is 88.4 Å². The minimum atomic E-state index is -0.366. The van der Waals surface area contributed by atoms with E-state index in [1.807, 2.05) is 36.4 Å². The number of carbonyl (C=O) groups is 2. The van der Waals surface area contributed by atoms with Gasteiger partial charge in [-0.05, 0) is 82.9 Å². The lowest BCUT2D eigenvalue weighted by Crippen LogP contribution is -2.36. The minimum Gasteiger partial charge on any atom is -0.371 e. The fourth-order valence-electron chi connectivity index (χ4n) is 4.64. The summed E-state index contributed by atoms with van der Waals surface area (Å²) in [6.45, 7) is 6.54. The second-order valence-electron chi connectivity index (χ2n) is 10.0. The third-order valence-electron chi connectivity index (χ3n) is 6.61. The molecule has 6 nitrogen and oxygen atoms in total. The molecule has 1 saturated heterocycles. The Morgan fingerprint density at radius 1 is 0.946 bits per heavy atom. The first-order valence-electron chi connectivity index (χ1n) is 12.9. The number of rotatable bonds is 8. The predicted molar refractivity (Wildman–Crippen MR) is 155 cm³/mol. The van der Waals surface area contributed by atoms with Gasteiger partial charge in [-0.25, -0.2) is 4.79 Å². The highest BCUT2D eigenvalue weighted by Crippen LogP contribution is 2.30. The van der Waals surface area contributed by atoms with Gasteiger partial charge in [-0.2, -0.15) is 0 Å². The van der Waals surface area contributed by atoms with Crippen molar-refractivity contribution in [1.82, 2.24) is 5.32 Å². The van der Waals surface area contributed by atoms with Gasteiger partial charge in [0.1, 0.15) is 0 Å². The molecule has 3 aromatic carbocycles. The van der Waals surface area contributed by atoms with E-state index in [1.165, 1.54) is 5.56 Å². The third kappa shape index (κ3) is 7.59. The fraction of sp³-hybridized carbons (Fsp3) is 0.333. The van der Waals surface area contributed by atoms with Gasteiger partial charge >= 0.3 is 6.03 Å². The van der Waals surface area contributed by atoms with Crippen LogP contribution >= 0.6 is 15.9 Å². The Kier molecular flexibility index (Phi) is 9.23. The Bertz CT molecular complexity index is 1210. The highest BCUT2D eigenvalue weighted by Gasteiger charge is 2.24. The van der Waals surface area contributed by atoms with E-state index in [0.29, 0.717) is 35.3 Å². The van der Waals surface area contributed by atoms with Crippen molar-refractivity contribution < 1.29 is 9.59 Å². The van der Waals surface area contributed by atoms with Crippen molar-refractivity contribution in [2.24, 2.45) is 11.8 Å². The molecule has 0 saturated carbocycles. The smallest absolute Gasteiger partial charge is 0.323 e. The van der Waals surface area contributed by atoms with Gasteiger partial charge in [0, 0.05) is 35.5 Å². The van der Waals surface area contributed by atoms with Crippen molar-refractivity contribution in [2.45, 2.75) is 33.1 Å². The number of amides is 3. The van der Waals surface area contributed by atoms with Gasteiger partial charge in [0.25, 0.3) is 5.91 Å². The van der Waals surface area contributed by atoms with Crippen LogP contribution in [-0.2, 0) is 6.42 Å². The molecule has 194 valence electrons. The van der Waals surface area contributed by atoms with Gasteiger partial charge in [-0.15, -0.1) is 0 Å². The van der Waals surface area contributed by atoms with Gasteiger partial charge in [0.2, 0.25) is 0 Å². The van der Waals surface area contributed by atoms with Crippen LogP contribution in [0.4, 0.5) is 21.9 Å². The molecule has 3 amide bonds. The van der Waals surface area contributed by atoms with E-state index in [2.05, 4.69) is 81.0 Å². The molecule has 1 fully saturated rings. The topological polar surface area (TPSA) is 73.5 Å². The molecule has 0 atom stereocenters. The molecule has 1 aliphatic rings. The van der Waals surface area contributed by atoms with E-state index in [9.17, 15) is 9.59 Å². The first kappa shape index (κ1) is 26.7. The lowest BCUT2D eigenvalue weighted by Gasteiger charge is -2.35. The monoisotopic (exact) mass is 562 g/mol. The number of nitrogens with one attached hydrogen (secondary N) is 3. The maximum absolute atomic E-state index is 13.2. The van der Waals surface area contributed by atoms with Crippen molar-refractivity contribution in [3.8, 4) is 0 Å².